The van der Waals surface area contributed by atoms with Crippen molar-refractivity contribution in [3.8, 4) is 44.5 Å². The highest BCUT2D eigenvalue weighted by Crippen LogP contribution is 2.47. The van der Waals surface area contributed by atoms with Gasteiger partial charge in [-0.1, -0.05) is 64.1 Å². The van der Waals surface area contributed by atoms with Crippen molar-refractivity contribution in [1.29, 1.82) is 0 Å². The molecule has 0 aliphatic heterocycles. The van der Waals surface area contributed by atoms with Crippen molar-refractivity contribution in [2.45, 2.75) is 53.4 Å². The van der Waals surface area contributed by atoms with Gasteiger partial charge in [-0.05, 0) is 141 Å². The molecular formula is C38H42N4. The number of aryl methyl sites for hydroxylation is 4. The number of nitrogens with two attached hydrogens (primary N) is 4. The van der Waals surface area contributed by atoms with E-state index in [1.807, 2.05) is 24.3 Å². The highest BCUT2D eigenvalue weighted by Gasteiger charge is 2.22. The smallest absolute Gasteiger partial charge is 0.0379 e. The van der Waals surface area contributed by atoms with E-state index in [0.717, 1.165) is 87.4 Å². The summed E-state index contributed by atoms with van der Waals surface area (Å²) in [6, 6.07) is 29.9. The van der Waals surface area contributed by atoms with Crippen molar-refractivity contribution >= 4 is 22.7 Å². The molecule has 0 aromatic heterocycles. The van der Waals surface area contributed by atoms with E-state index in [2.05, 4.69) is 88.4 Å². The van der Waals surface area contributed by atoms with Crippen LogP contribution in [0.4, 0.5) is 22.7 Å². The molecule has 8 N–H and O–H groups in total. The van der Waals surface area contributed by atoms with Gasteiger partial charge in [0.2, 0.25) is 0 Å². The number of hydrogen-bond donors (Lipinski definition) is 4. The highest BCUT2D eigenvalue weighted by molar-refractivity contribution is 6.02. The Kier molecular flexibility index (Phi) is 8.26. The first-order valence-electron chi connectivity index (χ1n) is 15.0. The van der Waals surface area contributed by atoms with Gasteiger partial charge in [-0.15, -0.1) is 0 Å². The molecule has 214 valence electrons. The summed E-state index contributed by atoms with van der Waals surface area (Å²) in [5.74, 6) is 0. The molecule has 0 saturated heterocycles. The van der Waals surface area contributed by atoms with Gasteiger partial charge in [0.05, 0.1) is 0 Å². The molecule has 5 rings (SSSR count). The predicted molar refractivity (Wildman–Crippen MR) is 183 cm³/mol. The van der Waals surface area contributed by atoms with Gasteiger partial charge in [-0.25, -0.2) is 0 Å². The van der Waals surface area contributed by atoms with Crippen molar-refractivity contribution in [1.82, 2.24) is 0 Å². The standard InChI is InChI=1S/C38H42N4/c1-5-23-19-29(20-24(6-2)37(23)41)34-18-17-33(27-9-13-31(39)14-10-27)35(28-11-15-32(40)16-12-28)36(34)30-21-25(7-3)38(42)26(8-4)22-30/h9-22H,5-8,39-42H2,1-4H3. The topological polar surface area (TPSA) is 104 Å². The summed E-state index contributed by atoms with van der Waals surface area (Å²) in [5, 5.41) is 0. The van der Waals surface area contributed by atoms with Crippen molar-refractivity contribution in [2.24, 2.45) is 0 Å². The molecule has 0 radical (unpaired) electrons. The summed E-state index contributed by atoms with van der Waals surface area (Å²) in [6.45, 7) is 8.67. The van der Waals surface area contributed by atoms with E-state index in [0.29, 0.717) is 0 Å². The van der Waals surface area contributed by atoms with Gasteiger partial charge < -0.3 is 22.9 Å². The summed E-state index contributed by atoms with van der Waals surface area (Å²) in [4.78, 5) is 0. The van der Waals surface area contributed by atoms with E-state index in [1.54, 1.807) is 0 Å². The van der Waals surface area contributed by atoms with Crippen LogP contribution in [0.15, 0.2) is 84.9 Å². The first-order valence-corrected chi connectivity index (χ1v) is 15.0. The minimum atomic E-state index is 0.734. The molecule has 0 atom stereocenters. The highest BCUT2D eigenvalue weighted by atomic mass is 14.6. The fraction of sp³-hybridized carbons (Fsp3) is 0.211. The second kappa shape index (κ2) is 12.0. The summed E-state index contributed by atoms with van der Waals surface area (Å²) >= 11 is 0. The van der Waals surface area contributed by atoms with Crippen LogP contribution < -0.4 is 22.9 Å². The summed E-state index contributed by atoms with van der Waals surface area (Å²) < 4.78 is 0. The molecule has 42 heavy (non-hydrogen) atoms. The lowest BCUT2D eigenvalue weighted by molar-refractivity contribution is 1.09. The largest absolute Gasteiger partial charge is 0.399 e. The SMILES string of the molecule is CCc1cc(-c2ccc(-c3ccc(N)cc3)c(-c3ccc(N)cc3)c2-c2cc(CC)c(N)c(CC)c2)cc(CC)c1N. The first kappa shape index (κ1) is 28.8. The van der Waals surface area contributed by atoms with Crippen LogP contribution in [0, 0.1) is 0 Å². The maximum absolute atomic E-state index is 6.65. The molecular weight excluding hydrogens is 512 g/mol. The van der Waals surface area contributed by atoms with Gasteiger partial charge in [0.15, 0.2) is 0 Å². The third-order valence-electron chi connectivity index (χ3n) is 8.45. The normalized spacial score (nSPS) is 11.1. The van der Waals surface area contributed by atoms with E-state index in [1.165, 1.54) is 27.8 Å². The second-order valence-electron chi connectivity index (χ2n) is 11.0. The van der Waals surface area contributed by atoms with Gasteiger partial charge in [0.1, 0.15) is 0 Å². The second-order valence-corrected chi connectivity index (χ2v) is 11.0. The van der Waals surface area contributed by atoms with Crippen LogP contribution in [0.2, 0.25) is 0 Å². The predicted octanol–water partition coefficient (Wildman–Crippen LogP) is 8.93. The average molecular weight is 555 g/mol. The van der Waals surface area contributed by atoms with Crippen LogP contribution >= 0.6 is 0 Å². The summed E-state index contributed by atoms with van der Waals surface area (Å²) in [6.07, 6.45) is 3.47. The zero-order valence-electron chi connectivity index (χ0n) is 25.2. The Morgan fingerprint density at radius 2 is 0.714 bits per heavy atom. The van der Waals surface area contributed by atoms with Crippen LogP contribution in [-0.4, -0.2) is 0 Å². The Labute approximate surface area is 250 Å². The van der Waals surface area contributed by atoms with Crippen molar-refractivity contribution in [2.75, 3.05) is 22.9 Å². The lowest BCUT2D eigenvalue weighted by atomic mass is 9.81. The summed E-state index contributed by atoms with van der Waals surface area (Å²) in [5.41, 5.74) is 42.6. The summed E-state index contributed by atoms with van der Waals surface area (Å²) in [7, 11) is 0. The van der Waals surface area contributed by atoms with Crippen LogP contribution in [0.3, 0.4) is 0 Å². The van der Waals surface area contributed by atoms with E-state index in [4.69, 9.17) is 22.9 Å². The molecule has 5 aromatic rings. The lowest BCUT2D eigenvalue weighted by Crippen LogP contribution is -2.03. The molecule has 0 saturated carbocycles. The van der Waals surface area contributed by atoms with E-state index in [9.17, 15) is 0 Å². The number of benzene rings is 5. The molecule has 4 nitrogen and oxygen atoms in total. The molecule has 0 heterocycles. The fourth-order valence-electron chi connectivity index (χ4n) is 6.02. The molecule has 0 spiro atoms. The Hall–Kier alpha value is -4.70. The van der Waals surface area contributed by atoms with Crippen molar-refractivity contribution in [3.63, 3.8) is 0 Å². The maximum atomic E-state index is 6.65. The number of anilines is 4. The zero-order valence-corrected chi connectivity index (χ0v) is 25.2. The third-order valence-corrected chi connectivity index (χ3v) is 8.45. The van der Waals surface area contributed by atoms with Crippen molar-refractivity contribution < 1.29 is 0 Å². The first-order chi connectivity index (χ1) is 20.3. The van der Waals surface area contributed by atoms with Gasteiger partial charge >= 0.3 is 0 Å². The third kappa shape index (κ3) is 5.33. The Balaban J connectivity index is 1.97. The van der Waals surface area contributed by atoms with E-state index >= 15 is 0 Å². The van der Waals surface area contributed by atoms with Gasteiger partial charge in [0.25, 0.3) is 0 Å². The van der Waals surface area contributed by atoms with Gasteiger partial charge in [-0.2, -0.15) is 0 Å². The van der Waals surface area contributed by atoms with Crippen LogP contribution in [0.1, 0.15) is 49.9 Å². The number of hydrogen-bond acceptors (Lipinski definition) is 4. The Morgan fingerprint density at radius 3 is 1.12 bits per heavy atom. The minimum Gasteiger partial charge on any atom is -0.399 e. The van der Waals surface area contributed by atoms with Crippen molar-refractivity contribution in [3.05, 3.63) is 107 Å². The number of rotatable bonds is 8. The fourth-order valence-corrected chi connectivity index (χ4v) is 6.02. The van der Waals surface area contributed by atoms with Crippen LogP contribution in [-0.2, 0) is 25.7 Å². The maximum Gasteiger partial charge on any atom is 0.0379 e. The molecule has 0 aliphatic rings. The van der Waals surface area contributed by atoms with Crippen LogP contribution in [0.5, 0.6) is 0 Å². The quantitative estimate of drug-likeness (QED) is 0.144. The molecule has 0 amide bonds. The Bertz CT molecular complexity index is 1680. The van der Waals surface area contributed by atoms with E-state index < -0.39 is 0 Å². The minimum absolute atomic E-state index is 0.734. The Morgan fingerprint density at radius 1 is 0.381 bits per heavy atom. The molecule has 0 aliphatic carbocycles. The van der Waals surface area contributed by atoms with E-state index in [-0.39, 0.29) is 0 Å². The molecule has 0 bridgehead atoms. The molecule has 4 heteroatoms. The van der Waals surface area contributed by atoms with Gasteiger partial charge in [-0.3, -0.25) is 0 Å². The number of nitrogen functional groups attached to an aromatic ring is 4. The molecule has 0 fully saturated rings. The lowest BCUT2D eigenvalue weighted by Gasteiger charge is -2.23. The average Bonchev–Trinajstić information content (AvgIpc) is 3.01. The van der Waals surface area contributed by atoms with Crippen LogP contribution in [0.25, 0.3) is 44.5 Å². The molecule has 5 aromatic carbocycles. The zero-order chi connectivity index (χ0) is 30.0. The van der Waals surface area contributed by atoms with Gasteiger partial charge in [0, 0.05) is 22.7 Å². The molecule has 0 unspecified atom stereocenters. The monoisotopic (exact) mass is 554 g/mol.